The van der Waals surface area contributed by atoms with E-state index in [4.69, 9.17) is 11.6 Å². The Hall–Kier alpha value is -2.25. The number of ketones is 1. The normalized spacial score (nSPS) is 12.2. The van der Waals surface area contributed by atoms with Crippen LogP contribution in [0.1, 0.15) is 17.3 Å². The quantitative estimate of drug-likeness (QED) is 0.481. The standard InChI is InChI=1S/C17H12ClF2N3OS/c1-10(16(24)14-6-5-12(19)8-15(14)20)25-17-22-21-9-23(17)13-4-2-3-11(18)7-13/h2-10H,1H3. The van der Waals surface area contributed by atoms with Crippen LogP contribution in [0.15, 0.2) is 53.9 Å². The molecule has 1 heterocycles. The van der Waals surface area contributed by atoms with E-state index in [1.807, 2.05) is 6.07 Å². The van der Waals surface area contributed by atoms with Gasteiger partial charge in [-0.25, -0.2) is 8.78 Å². The highest BCUT2D eigenvalue weighted by Gasteiger charge is 2.22. The van der Waals surface area contributed by atoms with Gasteiger partial charge in [0.15, 0.2) is 10.9 Å². The van der Waals surface area contributed by atoms with Crippen LogP contribution >= 0.6 is 23.4 Å². The van der Waals surface area contributed by atoms with Crippen molar-refractivity contribution < 1.29 is 13.6 Å². The zero-order chi connectivity index (χ0) is 18.0. The molecule has 8 heteroatoms. The summed E-state index contributed by atoms with van der Waals surface area (Å²) in [5.74, 6) is -2.06. The van der Waals surface area contributed by atoms with Crippen molar-refractivity contribution in [2.45, 2.75) is 17.3 Å². The number of aromatic nitrogens is 3. The highest BCUT2D eigenvalue weighted by atomic mass is 35.5. The molecular formula is C17H12ClF2N3OS. The van der Waals surface area contributed by atoms with Crippen LogP contribution in [-0.2, 0) is 0 Å². The SMILES string of the molecule is CC(Sc1nncn1-c1cccc(Cl)c1)C(=O)c1ccc(F)cc1F. The molecular weight excluding hydrogens is 368 g/mol. The second-order valence-corrected chi connectivity index (χ2v) is 6.96. The summed E-state index contributed by atoms with van der Waals surface area (Å²) in [6.45, 7) is 1.63. The number of hydrogen-bond donors (Lipinski definition) is 0. The molecule has 0 spiro atoms. The van der Waals surface area contributed by atoms with Crippen molar-refractivity contribution in [3.05, 3.63) is 71.0 Å². The number of nitrogens with zero attached hydrogens (tertiary/aromatic N) is 3. The lowest BCUT2D eigenvalue weighted by atomic mass is 10.1. The Bertz CT molecular complexity index is 932. The molecule has 0 aliphatic carbocycles. The number of benzene rings is 2. The van der Waals surface area contributed by atoms with Crippen LogP contribution in [0, 0.1) is 11.6 Å². The minimum absolute atomic E-state index is 0.157. The maximum Gasteiger partial charge on any atom is 0.196 e. The van der Waals surface area contributed by atoms with Gasteiger partial charge in [0.25, 0.3) is 0 Å². The molecule has 0 radical (unpaired) electrons. The van der Waals surface area contributed by atoms with Crippen LogP contribution < -0.4 is 0 Å². The van der Waals surface area contributed by atoms with Crippen LogP contribution in [0.25, 0.3) is 5.69 Å². The Morgan fingerprint density at radius 1 is 1.24 bits per heavy atom. The molecule has 0 N–H and O–H groups in total. The fourth-order valence-electron chi connectivity index (χ4n) is 2.23. The second-order valence-electron chi connectivity index (χ2n) is 5.21. The third kappa shape index (κ3) is 3.88. The number of thioether (sulfide) groups is 1. The fraction of sp³-hybridized carbons (Fsp3) is 0.118. The molecule has 25 heavy (non-hydrogen) atoms. The van der Waals surface area contributed by atoms with Gasteiger partial charge in [-0.15, -0.1) is 10.2 Å². The van der Waals surface area contributed by atoms with Gasteiger partial charge in [-0.3, -0.25) is 9.36 Å². The minimum atomic E-state index is -0.881. The average molecular weight is 380 g/mol. The zero-order valence-electron chi connectivity index (χ0n) is 13.0. The summed E-state index contributed by atoms with van der Waals surface area (Å²) in [5, 5.41) is 8.24. The maximum absolute atomic E-state index is 13.8. The molecule has 128 valence electrons. The summed E-state index contributed by atoms with van der Waals surface area (Å²) in [7, 11) is 0. The molecule has 0 saturated carbocycles. The molecule has 1 unspecified atom stereocenters. The van der Waals surface area contributed by atoms with Gasteiger partial charge >= 0.3 is 0 Å². The topological polar surface area (TPSA) is 47.8 Å². The van der Waals surface area contributed by atoms with Gasteiger partial charge in [-0.05, 0) is 37.3 Å². The Labute approximate surface area is 151 Å². The molecule has 1 atom stereocenters. The van der Waals surface area contributed by atoms with E-state index in [0.29, 0.717) is 16.2 Å². The smallest absolute Gasteiger partial charge is 0.196 e. The summed E-state index contributed by atoms with van der Waals surface area (Å²) in [6.07, 6.45) is 1.50. The molecule has 0 saturated heterocycles. The molecule has 3 aromatic rings. The van der Waals surface area contributed by atoms with Crippen LogP contribution in [0.2, 0.25) is 5.02 Å². The van der Waals surface area contributed by atoms with Crippen molar-refractivity contribution in [2.24, 2.45) is 0 Å². The number of halogens is 3. The molecule has 0 amide bonds. The lowest BCUT2D eigenvalue weighted by Crippen LogP contribution is -2.16. The molecule has 0 aliphatic rings. The summed E-state index contributed by atoms with van der Waals surface area (Å²) >= 11 is 7.12. The first-order valence-corrected chi connectivity index (χ1v) is 8.53. The van der Waals surface area contributed by atoms with E-state index in [-0.39, 0.29) is 5.56 Å². The Balaban J connectivity index is 1.83. The van der Waals surface area contributed by atoms with Crippen LogP contribution in [0.3, 0.4) is 0 Å². The van der Waals surface area contributed by atoms with Crippen LogP contribution in [0.4, 0.5) is 8.78 Å². The van der Waals surface area contributed by atoms with Gasteiger partial charge in [0.2, 0.25) is 0 Å². The lowest BCUT2D eigenvalue weighted by molar-refractivity contribution is 0.0990. The molecule has 1 aromatic heterocycles. The van der Waals surface area contributed by atoms with E-state index < -0.39 is 22.7 Å². The van der Waals surface area contributed by atoms with Gasteiger partial charge < -0.3 is 0 Å². The van der Waals surface area contributed by atoms with Crippen LogP contribution in [0.5, 0.6) is 0 Å². The fourth-order valence-corrected chi connectivity index (χ4v) is 3.32. The molecule has 0 bridgehead atoms. The number of carbonyl (C=O) groups excluding carboxylic acids is 1. The van der Waals surface area contributed by atoms with Gasteiger partial charge in [-0.2, -0.15) is 0 Å². The van der Waals surface area contributed by atoms with Gasteiger partial charge in [0.05, 0.1) is 16.5 Å². The van der Waals surface area contributed by atoms with Crippen molar-refractivity contribution in [1.29, 1.82) is 0 Å². The number of Topliss-reactive ketones (excluding diaryl/α,β-unsaturated/α-hetero) is 1. The third-order valence-corrected chi connectivity index (χ3v) is 4.74. The summed E-state index contributed by atoms with van der Waals surface area (Å²) in [6, 6.07) is 9.99. The van der Waals surface area contributed by atoms with Crippen molar-refractivity contribution in [3.63, 3.8) is 0 Å². The Morgan fingerprint density at radius 2 is 2.04 bits per heavy atom. The Kier molecular flexibility index (Phi) is 5.15. The highest BCUT2D eigenvalue weighted by Crippen LogP contribution is 2.27. The predicted octanol–water partition coefficient (Wildman–Crippen LogP) is 4.56. The molecule has 0 aliphatic heterocycles. The Morgan fingerprint density at radius 3 is 2.76 bits per heavy atom. The number of hydrogen-bond acceptors (Lipinski definition) is 4. The van der Waals surface area contributed by atoms with E-state index in [9.17, 15) is 13.6 Å². The molecule has 4 nitrogen and oxygen atoms in total. The van der Waals surface area contributed by atoms with Gasteiger partial charge in [0.1, 0.15) is 18.0 Å². The number of carbonyl (C=O) groups is 1. The molecule has 2 aromatic carbocycles. The van der Waals surface area contributed by atoms with Gasteiger partial charge in [-0.1, -0.05) is 29.4 Å². The zero-order valence-corrected chi connectivity index (χ0v) is 14.6. The van der Waals surface area contributed by atoms with E-state index in [1.165, 1.54) is 6.33 Å². The highest BCUT2D eigenvalue weighted by molar-refractivity contribution is 8.00. The first kappa shape index (κ1) is 17.6. The first-order valence-electron chi connectivity index (χ1n) is 7.27. The first-order chi connectivity index (χ1) is 12.0. The summed E-state index contributed by atoms with van der Waals surface area (Å²) < 4.78 is 28.5. The predicted molar refractivity (Wildman–Crippen MR) is 92.4 cm³/mol. The van der Waals surface area contributed by atoms with Crippen molar-refractivity contribution in [3.8, 4) is 5.69 Å². The van der Waals surface area contributed by atoms with E-state index in [1.54, 1.807) is 29.7 Å². The van der Waals surface area contributed by atoms with E-state index >= 15 is 0 Å². The van der Waals surface area contributed by atoms with Crippen molar-refractivity contribution >= 4 is 29.1 Å². The van der Waals surface area contributed by atoms with Crippen molar-refractivity contribution in [2.75, 3.05) is 0 Å². The van der Waals surface area contributed by atoms with Crippen LogP contribution in [-0.4, -0.2) is 25.8 Å². The van der Waals surface area contributed by atoms with Gasteiger partial charge in [0, 0.05) is 11.1 Å². The molecule has 0 fully saturated rings. The molecule has 3 rings (SSSR count). The summed E-state index contributed by atoms with van der Waals surface area (Å²) in [4.78, 5) is 12.4. The minimum Gasteiger partial charge on any atom is -0.293 e. The lowest BCUT2D eigenvalue weighted by Gasteiger charge is -2.12. The number of rotatable bonds is 5. The van der Waals surface area contributed by atoms with Crippen molar-refractivity contribution in [1.82, 2.24) is 14.8 Å². The second kappa shape index (κ2) is 7.33. The maximum atomic E-state index is 13.8. The summed E-state index contributed by atoms with van der Waals surface area (Å²) in [5.41, 5.74) is 0.586. The van der Waals surface area contributed by atoms with E-state index in [0.717, 1.165) is 29.6 Å². The largest absolute Gasteiger partial charge is 0.293 e. The monoisotopic (exact) mass is 379 g/mol. The average Bonchev–Trinajstić information content (AvgIpc) is 3.02. The third-order valence-electron chi connectivity index (χ3n) is 3.45. The van der Waals surface area contributed by atoms with E-state index in [2.05, 4.69) is 10.2 Å².